The maximum absolute atomic E-state index is 13.1. The fourth-order valence-corrected chi connectivity index (χ4v) is 2.81. The quantitative estimate of drug-likeness (QED) is 0.250. The lowest BCUT2D eigenvalue weighted by Gasteiger charge is -2.30. The van der Waals surface area contributed by atoms with E-state index in [1.54, 1.807) is 7.11 Å². The molecular formula is C19H31IN4O3. The summed E-state index contributed by atoms with van der Waals surface area (Å²) in [5.41, 5.74) is 0.987. The number of morpholine rings is 1. The summed E-state index contributed by atoms with van der Waals surface area (Å²) in [4.78, 5) is 19.6. The topological polar surface area (TPSA) is 75.2 Å². The minimum Gasteiger partial charge on any atom is -0.383 e. The number of methoxy groups -OCH3 is 1. The first kappa shape index (κ1) is 23.6. The number of hydrogen-bond acceptors (Lipinski definition) is 4. The van der Waals surface area contributed by atoms with Crippen molar-refractivity contribution < 1.29 is 14.3 Å². The van der Waals surface area contributed by atoms with Crippen LogP contribution in [0.3, 0.4) is 0 Å². The highest BCUT2D eigenvalue weighted by Gasteiger charge is 2.27. The summed E-state index contributed by atoms with van der Waals surface area (Å²) in [6.45, 7) is 6.89. The highest BCUT2D eigenvalue weighted by Crippen LogP contribution is 2.20. The van der Waals surface area contributed by atoms with Crippen LogP contribution in [0.2, 0.25) is 0 Å². The van der Waals surface area contributed by atoms with E-state index in [0.29, 0.717) is 52.0 Å². The first-order valence-corrected chi connectivity index (χ1v) is 9.18. The number of halogens is 1. The molecule has 7 nitrogen and oxygen atoms in total. The zero-order valence-electron chi connectivity index (χ0n) is 16.1. The Bertz CT molecular complexity index is 565. The number of nitrogens with one attached hydrogen (secondary N) is 2. The summed E-state index contributed by atoms with van der Waals surface area (Å²) in [7, 11) is 1.66. The van der Waals surface area contributed by atoms with Gasteiger partial charge in [0.15, 0.2) is 5.96 Å². The van der Waals surface area contributed by atoms with E-state index < -0.39 is 0 Å². The lowest BCUT2D eigenvalue weighted by Crippen LogP contribution is -2.44. The number of benzene rings is 1. The SMILES string of the molecule is CCNC(=NCC(C(=O)N1CCOCC1)c1ccccc1)NCCOC.I. The molecule has 0 saturated carbocycles. The van der Waals surface area contributed by atoms with Gasteiger partial charge < -0.3 is 25.0 Å². The Hall–Kier alpha value is -1.39. The molecule has 27 heavy (non-hydrogen) atoms. The molecule has 152 valence electrons. The van der Waals surface area contributed by atoms with Crippen LogP contribution in [0, 0.1) is 0 Å². The van der Waals surface area contributed by atoms with Gasteiger partial charge in [-0.05, 0) is 12.5 Å². The number of guanidine groups is 1. The van der Waals surface area contributed by atoms with Crippen molar-refractivity contribution in [3.8, 4) is 0 Å². The van der Waals surface area contributed by atoms with Crippen LogP contribution in [-0.4, -0.2) is 76.4 Å². The lowest BCUT2D eigenvalue weighted by atomic mass is 9.97. The van der Waals surface area contributed by atoms with Crippen LogP contribution >= 0.6 is 24.0 Å². The molecule has 1 unspecified atom stereocenters. The van der Waals surface area contributed by atoms with Gasteiger partial charge >= 0.3 is 0 Å². The molecule has 2 rings (SSSR count). The molecule has 8 heteroatoms. The van der Waals surface area contributed by atoms with E-state index in [1.165, 1.54) is 0 Å². The molecule has 1 aromatic carbocycles. The Morgan fingerprint density at radius 3 is 2.59 bits per heavy atom. The first-order chi connectivity index (χ1) is 12.8. The molecule has 2 N–H and O–H groups in total. The fraction of sp³-hybridized carbons (Fsp3) is 0.579. The van der Waals surface area contributed by atoms with Crippen LogP contribution < -0.4 is 10.6 Å². The Balaban J connectivity index is 0.00000364. The molecule has 1 heterocycles. The predicted molar refractivity (Wildman–Crippen MR) is 118 cm³/mol. The summed E-state index contributed by atoms with van der Waals surface area (Å²) < 4.78 is 10.4. The van der Waals surface area contributed by atoms with Crippen molar-refractivity contribution in [2.45, 2.75) is 12.8 Å². The third kappa shape index (κ3) is 8.02. The maximum Gasteiger partial charge on any atom is 0.232 e. The Labute approximate surface area is 178 Å². The number of hydrogen-bond donors (Lipinski definition) is 2. The van der Waals surface area contributed by atoms with Crippen molar-refractivity contribution in [1.29, 1.82) is 0 Å². The molecule has 1 atom stereocenters. The first-order valence-electron chi connectivity index (χ1n) is 9.18. The van der Waals surface area contributed by atoms with Crippen molar-refractivity contribution >= 4 is 35.8 Å². The van der Waals surface area contributed by atoms with E-state index in [4.69, 9.17) is 9.47 Å². The van der Waals surface area contributed by atoms with Gasteiger partial charge in [-0.15, -0.1) is 24.0 Å². The molecule has 0 radical (unpaired) electrons. The number of carbonyl (C=O) groups excluding carboxylic acids is 1. The van der Waals surface area contributed by atoms with E-state index in [1.807, 2.05) is 42.2 Å². The summed E-state index contributed by atoms with van der Waals surface area (Å²) in [6, 6.07) is 9.86. The number of nitrogens with zero attached hydrogens (tertiary/aromatic N) is 2. The molecule has 1 amide bonds. The molecule has 1 aliphatic heterocycles. The highest BCUT2D eigenvalue weighted by molar-refractivity contribution is 14.0. The Morgan fingerprint density at radius 2 is 1.96 bits per heavy atom. The summed E-state index contributed by atoms with van der Waals surface area (Å²) in [6.07, 6.45) is 0. The van der Waals surface area contributed by atoms with E-state index in [0.717, 1.165) is 12.1 Å². The molecule has 1 fully saturated rings. The largest absolute Gasteiger partial charge is 0.383 e. The third-order valence-corrected chi connectivity index (χ3v) is 4.20. The van der Waals surface area contributed by atoms with Crippen molar-refractivity contribution in [3.05, 3.63) is 35.9 Å². The lowest BCUT2D eigenvalue weighted by molar-refractivity contribution is -0.136. The Morgan fingerprint density at radius 1 is 1.26 bits per heavy atom. The number of carbonyl (C=O) groups is 1. The van der Waals surface area contributed by atoms with Crippen molar-refractivity contribution in [2.75, 3.05) is 59.7 Å². The van der Waals surface area contributed by atoms with Gasteiger partial charge in [0.25, 0.3) is 0 Å². The smallest absolute Gasteiger partial charge is 0.232 e. The monoisotopic (exact) mass is 490 g/mol. The summed E-state index contributed by atoms with van der Waals surface area (Å²) in [5, 5.41) is 6.42. The van der Waals surface area contributed by atoms with Crippen LogP contribution in [0.5, 0.6) is 0 Å². The van der Waals surface area contributed by atoms with Gasteiger partial charge in [-0.3, -0.25) is 9.79 Å². The maximum atomic E-state index is 13.1. The zero-order valence-corrected chi connectivity index (χ0v) is 18.5. The molecule has 1 saturated heterocycles. The minimum absolute atomic E-state index is 0. The molecule has 1 aliphatic rings. The second-order valence-corrected chi connectivity index (χ2v) is 6.04. The van der Waals surface area contributed by atoms with Gasteiger partial charge in [-0.2, -0.15) is 0 Å². The number of amides is 1. The third-order valence-electron chi connectivity index (χ3n) is 4.20. The number of ether oxygens (including phenoxy) is 2. The summed E-state index contributed by atoms with van der Waals surface area (Å²) in [5.74, 6) is 0.503. The van der Waals surface area contributed by atoms with Crippen molar-refractivity contribution in [1.82, 2.24) is 15.5 Å². The molecule has 0 bridgehead atoms. The number of aliphatic imine (C=N–C) groups is 1. The number of rotatable bonds is 8. The second-order valence-electron chi connectivity index (χ2n) is 6.04. The van der Waals surface area contributed by atoms with Crippen LogP contribution in [-0.2, 0) is 14.3 Å². The van der Waals surface area contributed by atoms with Crippen molar-refractivity contribution in [2.24, 2.45) is 4.99 Å². The van der Waals surface area contributed by atoms with Gasteiger partial charge in [-0.25, -0.2) is 0 Å². The molecule has 0 aromatic heterocycles. The summed E-state index contributed by atoms with van der Waals surface area (Å²) >= 11 is 0. The second kappa shape index (κ2) is 13.7. The molecule has 0 spiro atoms. The zero-order chi connectivity index (χ0) is 18.6. The average molecular weight is 490 g/mol. The predicted octanol–water partition coefficient (Wildman–Crippen LogP) is 1.45. The Kier molecular flexibility index (Phi) is 12.0. The van der Waals surface area contributed by atoms with E-state index in [9.17, 15) is 4.79 Å². The normalized spacial score (nSPS) is 15.6. The molecular weight excluding hydrogens is 459 g/mol. The minimum atomic E-state index is -0.299. The molecule has 0 aliphatic carbocycles. The van der Waals surface area contributed by atoms with Crippen LogP contribution in [0.1, 0.15) is 18.4 Å². The van der Waals surface area contributed by atoms with Gasteiger partial charge in [-0.1, -0.05) is 30.3 Å². The van der Waals surface area contributed by atoms with Crippen LogP contribution in [0.15, 0.2) is 35.3 Å². The standard InChI is InChI=1S/C19H30N4O3.HI/c1-3-20-19(21-9-12-25-2)22-15-17(16-7-5-4-6-8-16)18(24)23-10-13-26-14-11-23;/h4-8,17H,3,9-15H2,1-2H3,(H2,20,21,22);1H. The highest BCUT2D eigenvalue weighted by atomic mass is 127. The van der Waals surface area contributed by atoms with Crippen molar-refractivity contribution in [3.63, 3.8) is 0 Å². The van der Waals surface area contributed by atoms with E-state index >= 15 is 0 Å². The van der Waals surface area contributed by atoms with Crippen LogP contribution in [0.25, 0.3) is 0 Å². The van der Waals surface area contributed by atoms with Gasteiger partial charge in [0, 0.05) is 33.3 Å². The van der Waals surface area contributed by atoms with Crippen LogP contribution in [0.4, 0.5) is 0 Å². The van der Waals surface area contributed by atoms with Gasteiger partial charge in [0.1, 0.15) is 0 Å². The fourth-order valence-electron chi connectivity index (χ4n) is 2.81. The van der Waals surface area contributed by atoms with E-state index in [-0.39, 0.29) is 35.8 Å². The molecule has 1 aromatic rings. The average Bonchev–Trinajstić information content (AvgIpc) is 2.69. The van der Waals surface area contributed by atoms with E-state index in [2.05, 4.69) is 15.6 Å². The van der Waals surface area contributed by atoms with Gasteiger partial charge in [0.2, 0.25) is 5.91 Å². The van der Waals surface area contributed by atoms with Gasteiger partial charge in [0.05, 0.1) is 32.3 Å².